The number of aliphatic carboxylic acids is 1. The number of benzene rings is 1. The van der Waals surface area contributed by atoms with Crippen LogP contribution in [0.1, 0.15) is 12.5 Å². The summed E-state index contributed by atoms with van der Waals surface area (Å²) < 4.78 is 9.99. The zero-order valence-electron chi connectivity index (χ0n) is 9.99. The Morgan fingerprint density at radius 1 is 1.47 bits per heavy atom. The largest absolute Gasteiger partial charge is 0.495 e. The van der Waals surface area contributed by atoms with Crippen LogP contribution < -0.4 is 4.74 Å². The molecule has 0 saturated heterocycles. The molecule has 1 N–H and O–H groups in total. The van der Waals surface area contributed by atoms with Crippen LogP contribution in [0.5, 0.6) is 5.75 Å². The van der Waals surface area contributed by atoms with Gasteiger partial charge in [0.05, 0.1) is 18.7 Å². The van der Waals surface area contributed by atoms with E-state index in [1.165, 1.54) is 14.2 Å². The summed E-state index contributed by atoms with van der Waals surface area (Å²) >= 11 is 5.98. The van der Waals surface area contributed by atoms with Gasteiger partial charge < -0.3 is 14.6 Å². The summed E-state index contributed by atoms with van der Waals surface area (Å²) in [5.74, 6) is -0.443. The second kappa shape index (κ2) is 5.38. The van der Waals surface area contributed by atoms with Gasteiger partial charge in [-0.05, 0) is 24.6 Å². The zero-order valence-corrected chi connectivity index (χ0v) is 10.7. The van der Waals surface area contributed by atoms with Crippen LogP contribution in [0.3, 0.4) is 0 Å². The van der Waals surface area contributed by atoms with E-state index in [1.807, 2.05) is 0 Å². The molecule has 0 aliphatic carbocycles. The molecule has 0 amide bonds. The van der Waals surface area contributed by atoms with Crippen LogP contribution in [-0.2, 0) is 14.9 Å². The van der Waals surface area contributed by atoms with E-state index < -0.39 is 11.4 Å². The average molecular weight is 259 g/mol. The molecule has 0 bridgehead atoms. The van der Waals surface area contributed by atoms with E-state index in [4.69, 9.17) is 21.1 Å². The summed E-state index contributed by atoms with van der Waals surface area (Å²) in [6, 6.07) is 4.92. The topological polar surface area (TPSA) is 55.8 Å². The predicted molar refractivity (Wildman–Crippen MR) is 64.9 cm³/mol. The SMILES string of the molecule is COCC(C)(C(=O)O)c1ccc(OC)c(Cl)c1. The van der Waals surface area contributed by atoms with E-state index in [2.05, 4.69) is 0 Å². The van der Waals surface area contributed by atoms with Gasteiger partial charge in [-0.3, -0.25) is 4.79 Å². The maximum Gasteiger partial charge on any atom is 0.316 e. The summed E-state index contributed by atoms with van der Waals surface area (Å²) in [5.41, 5.74) is -0.539. The molecule has 0 aliphatic heterocycles. The molecule has 5 heteroatoms. The summed E-state index contributed by atoms with van der Waals surface area (Å²) in [6.07, 6.45) is 0. The summed E-state index contributed by atoms with van der Waals surface area (Å²) in [4.78, 5) is 11.3. The molecule has 0 aromatic heterocycles. The van der Waals surface area contributed by atoms with Gasteiger partial charge in [0.2, 0.25) is 0 Å². The van der Waals surface area contributed by atoms with Crippen molar-refractivity contribution in [3.63, 3.8) is 0 Å². The Labute approximate surface area is 105 Å². The fourth-order valence-corrected chi connectivity index (χ4v) is 1.82. The molecule has 0 fully saturated rings. The van der Waals surface area contributed by atoms with E-state index in [9.17, 15) is 9.90 Å². The van der Waals surface area contributed by atoms with Crippen LogP contribution in [0, 0.1) is 0 Å². The van der Waals surface area contributed by atoms with Crippen LogP contribution in [0.4, 0.5) is 0 Å². The molecule has 94 valence electrons. The highest BCUT2D eigenvalue weighted by Gasteiger charge is 2.35. The van der Waals surface area contributed by atoms with E-state index in [0.29, 0.717) is 16.3 Å². The fraction of sp³-hybridized carbons (Fsp3) is 0.417. The molecule has 0 radical (unpaired) electrons. The van der Waals surface area contributed by atoms with Crippen molar-refractivity contribution in [2.24, 2.45) is 0 Å². The van der Waals surface area contributed by atoms with Crippen LogP contribution in [0.25, 0.3) is 0 Å². The fourth-order valence-electron chi connectivity index (χ4n) is 1.57. The number of halogens is 1. The Bertz CT molecular complexity index is 419. The number of carboxylic acids is 1. The smallest absolute Gasteiger partial charge is 0.316 e. The maximum absolute atomic E-state index is 11.3. The quantitative estimate of drug-likeness (QED) is 0.881. The average Bonchev–Trinajstić information content (AvgIpc) is 2.28. The summed E-state index contributed by atoms with van der Waals surface area (Å²) in [6.45, 7) is 1.67. The lowest BCUT2D eigenvalue weighted by Gasteiger charge is -2.24. The highest BCUT2D eigenvalue weighted by atomic mass is 35.5. The maximum atomic E-state index is 11.3. The minimum absolute atomic E-state index is 0.0744. The van der Waals surface area contributed by atoms with Crippen molar-refractivity contribution in [3.8, 4) is 5.75 Å². The Kier molecular flexibility index (Phi) is 4.37. The van der Waals surface area contributed by atoms with Gasteiger partial charge in [-0.25, -0.2) is 0 Å². The first-order chi connectivity index (χ1) is 7.95. The summed E-state index contributed by atoms with van der Waals surface area (Å²) in [7, 11) is 2.97. The monoisotopic (exact) mass is 258 g/mol. The molecule has 0 spiro atoms. The lowest BCUT2D eigenvalue weighted by molar-refractivity contribution is -0.145. The van der Waals surface area contributed by atoms with E-state index in [-0.39, 0.29) is 6.61 Å². The number of carbonyl (C=O) groups is 1. The van der Waals surface area contributed by atoms with Gasteiger partial charge in [0.25, 0.3) is 0 Å². The Morgan fingerprint density at radius 3 is 2.53 bits per heavy atom. The van der Waals surface area contributed by atoms with E-state index in [0.717, 1.165) is 0 Å². The number of hydrogen-bond acceptors (Lipinski definition) is 3. The first-order valence-corrected chi connectivity index (χ1v) is 5.40. The van der Waals surface area contributed by atoms with E-state index in [1.54, 1.807) is 25.1 Å². The Hall–Kier alpha value is -1.26. The minimum atomic E-state index is -1.12. The highest BCUT2D eigenvalue weighted by molar-refractivity contribution is 6.32. The third-order valence-corrected chi connectivity index (χ3v) is 2.99. The minimum Gasteiger partial charge on any atom is -0.495 e. The zero-order chi connectivity index (χ0) is 13.1. The van der Waals surface area contributed by atoms with Crippen LogP contribution in [-0.4, -0.2) is 31.9 Å². The second-order valence-electron chi connectivity index (χ2n) is 3.92. The van der Waals surface area contributed by atoms with Gasteiger partial charge in [-0.15, -0.1) is 0 Å². The standard InChI is InChI=1S/C12H15ClO4/c1-12(7-16-2,11(14)15)8-4-5-10(17-3)9(13)6-8/h4-6H,7H2,1-3H3,(H,14,15). The van der Waals surface area contributed by atoms with Gasteiger partial charge in [0.15, 0.2) is 0 Å². The normalized spacial score (nSPS) is 14.1. The highest BCUT2D eigenvalue weighted by Crippen LogP contribution is 2.32. The summed E-state index contributed by atoms with van der Waals surface area (Å²) in [5, 5.41) is 9.66. The van der Waals surface area contributed by atoms with E-state index >= 15 is 0 Å². The predicted octanol–water partition coefficient (Wildman–Crippen LogP) is 2.34. The van der Waals surface area contributed by atoms with Gasteiger partial charge in [0, 0.05) is 7.11 Å². The van der Waals surface area contributed by atoms with Crippen LogP contribution in [0.15, 0.2) is 18.2 Å². The Balaban J connectivity index is 3.20. The molecule has 1 unspecified atom stereocenters. The first kappa shape index (κ1) is 13.8. The lowest BCUT2D eigenvalue weighted by Crippen LogP contribution is -2.37. The number of ether oxygens (including phenoxy) is 2. The van der Waals surface area contributed by atoms with Crippen molar-refractivity contribution in [3.05, 3.63) is 28.8 Å². The molecule has 1 rings (SSSR count). The molecule has 0 saturated carbocycles. The van der Waals surface area contributed by atoms with Crippen molar-refractivity contribution in [1.29, 1.82) is 0 Å². The van der Waals surface area contributed by atoms with Crippen molar-refractivity contribution in [2.75, 3.05) is 20.8 Å². The number of hydrogen-bond donors (Lipinski definition) is 1. The van der Waals surface area contributed by atoms with Crippen molar-refractivity contribution in [2.45, 2.75) is 12.3 Å². The van der Waals surface area contributed by atoms with Crippen molar-refractivity contribution in [1.82, 2.24) is 0 Å². The van der Waals surface area contributed by atoms with Crippen molar-refractivity contribution < 1.29 is 19.4 Å². The molecular weight excluding hydrogens is 244 g/mol. The van der Waals surface area contributed by atoms with Gasteiger partial charge >= 0.3 is 5.97 Å². The number of rotatable bonds is 5. The van der Waals surface area contributed by atoms with Crippen LogP contribution in [0.2, 0.25) is 5.02 Å². The lowest BCUT2D eigenvalue weighted by atomic mass is 9.83. The molecule has 1 aromatic carbocycles. The molecule has 17 heavy (non-hydrogen) atoms. The Morgan fingerprint density at radius 2 is 2.12 bits per heavy atom. The second-order valence-corrected chi connectivity index (χ2v) is 4.33. The third kappa shape index (κ3) is 2.70. The molecule has 0 heterocycles. The van der Waals surface area contributed by atoms with Gasteiger partial charge in [0.1, 0.15) is 11.2 Å². The number of methoxy groups -OCH3 is 2. The molecular formula is C12H15ClO4. The van der Waals surface area contributed by atoms with Crippen LogP contribution >= 0.6 is 11.6 Å². The molecule has 0 aliphatic rings. The molecule has 1 atom stereocenters. The van der Waals surface area contributed by atoms with Crippen molar-refractivity contribution >= 4 is 17.6 Å². The third-order valence-electron chi connectivity index (χ3n) is 2.69. The number of carboxylic acid groups (broad SMARTS) is 1. The first-order valence-electron chi connectivity index (χ1n) is 5.02. The molecule has 1 aromatic rings. The molecule has 4 nitrogen and oxygen atoms in total. The van der Waals surface area contributed by atoms with Gasteiger partial charge in [-0.1, -0.05) is 17.7 Å². The van der Waals surface area contributed by atoms with Gasteiger partial charge in [-0.2, -0.15) is 0 Å².